The van der Waals surface area contributed by atoms with Crippen molar-refractivity contribution in [3.8, 4) is 0 Å². The highest BCUT2D eigenvalue weighted by Gasteiger charge is 2.44. The first-order chi connectivity index (χ1) is 13.7. The van der Waals surface area contributed by atoms with Crippen LogP contribution < -0.4 is 4.90 Å². The van der Waals surface area contributed by atoms with Crippen LogP contribution in [0.15, 0.2) is 53.7 Å². The zero-order chi connectivity index (χ0) is 20.9. The van der Waals surface area contributed by atoms with E-state index in [2.05, 4.69) is 13.8 Å². The van der Waals surface area contributed by atoms with Gasteiger partial charge in [0.1, 0.15) is 5.82 Å². The van der Waals surface area contributed by atoms with E-state index in [1.807, 2.05) is 32.0 Å². The molecule has 0 saturated carbocycles. The molecule has 150 valence electrons. The molecule has 0 spiro atoms. The maximum atomic E-state index is 13.5. The molecule has 2 aromatic rings. The van der Waals surface area contributed by atoms with Gasteiger partial charge in [-0.15, -0.1) is 0 Å². The smallest absolute Gasteiger partial charge is 0.232 e. The van der Waals surface area contributed by atoms with Crippen LogP contribution in [-0.2, 0) is 9.59 Å². The van der Waals surface area contributed by atoms with Crippen LogP contribution in [-0.4, -0.2) is 11.7 Å². The molecule has 1 heterocycles. The Balaban J connectivity index is 1.92. The minimum atomic E-state index is -0.321. The van der Waals surface area contributed by atoms with Crippen LogP contribution in [0.25, 0.3) is 0 Å². The molecule has 4 rings (SSSR count). The van der Waals surface area contributed by atoms with Gasteiger partial charge in [0.2, 0.25) is 5.91 Å². The normalized spacial score (nSPS) is 21.4. The van der Waals surface area contributed by atoms with E-state index in [0.717, 1.165) is 33.6 Å². The Morgan fingerprint density at radius 2 is 1.69 bits per heavy atom. The second-order valence-electron chi connectivity index (χ2n) is 9.13. The van der Waals surface area contributed by atoms with Gasteiger partial charge in [-0.05, 0) is 60.6 Å². The minimum absolute atomic E-state index is 0.0164. The molecule has 1 unspecified atom stereocenters. The summed E-state index contributed by atoms with van der Waals surface area (Å²) in [5.74, 6) is -0.563. The molecule has 1 aliphatic heterocycles. The molecule has 0 saturated heterocycles. The van der Waals surface area contributed by atoms with Crippen molar-refractivity contribution in [1.29, 1.82) is 0 Å². The van der Waals surface area contributed by atoms with Gasteiger partial charge in [0.05, 0.1) is 5.69 Å². The fourth-order valence-electron chi connectivity index (χ4n) is 4.63. The van der Waals surface area contributed by atoms with Gasteiger partial charge in [-0.3, -0.25) is 14.5 Å². The largest absolute Gasteiger partial charge is 0.294 e. The molecule has 1 amide bonds. The Labute approximate surface area is 171 Å². The number of benzene rings is 2. The molecule has 0 aromatic heterocycles. The molecule has 4 heteroatoms. The maximum Gasteiger partial charge on any atom is 0.232 e. The van der Waals surface area contributed by atoms with E-state index in [1.165, 1.54) is 12.1 Å². The van der Waals surface area contributed by atoms with Gasteiger partial charge >= 0.3 is 0 Å². The second-order valence-corrected chi connectivity index (χ2v) is 9.13. The predicted octanol–water partition coefficient (Wildman–Crippen LogP) is 5.61. The zero-order valence-corrected chi connectivity index (χ0v) is 17.4. The Morgan fingerprint density at radius 3 is 2.38 bits per heavy atom. The number of allylic oxidation sites excluding steroid dienone is 2. The topological polar surface area (TPSA) is 37.4 Å². The quantitative estimate of drug-likeness (QED) is 0.668. The van der Waals surface area contributed by atoms with Crippen LogP contribution in [0.5, 0.6) is 0 Å². The van der Waals surface area contributed by atoms with Crippen molar-refractivity contribution in [2.45, 2.75) is 52.9 Å². The summed E-state index contributed by atoms with van der Waals surface area (Å²) < 4.78 is 13.5. The number of anilines is 1. The molecule has 29 heavy (non-hydrogen) atoms. The Hall–Kier alpha value is -2.75. The lowest BCUT2D eigenvalue weighted by molar-refractivity contribution is -0.121. The summed E-state index contributed by atoms with van der Waals surface area (Å²) >= 11 is 0. The number of Topliss-reactive ketones (excluding diaryl/α,β-unsaturated/α-hetero) is 1. The molecular weight excluding hydrogens is 365 g/mol. The van der Waals surface area contributed by atoms with Crippen molar-refractivity contribution in [3.05, 3.63) is 76.2 Å². The molecule has 3 nitrogen and oxygen atoms in total. The number of hydrogen-bond acceptors (Lipinski definition) is 2. The highest BCUT2D eigenvalue weighted by Crippen LogP contribution is 2.48. The molecule has 0 radical (unpaired) electrons. The van der Waals surface area contributed by atoms with Gasteiger partial charge in [-0.25, -0.2) is 4.39 Å². The van der Waals surface area contributed by atoms with Crippen LogP contribution in [0, 0.1) is 25.1 Å². The number of ketones is 1. The molecule has 1 aliphatic carbocycles. The van der Waals surface area contributed by atoms with Crippen LogP contribution in [0.1, 0.15) is 55.7 Å². The van der Waals surface area contributed by atoms with E-state index in [4.69, 9.17) is 0 Å². The van der Waals surface area contributed by atoms with Gasteiger partial charge in [-0.1, -0.05) is 38.1 Å². The number of nitrogens with zero attached hydrogens (tertiary/aromatic N) is 1. The van der Waals surface area contributed by atoms with Gasteiger partial charge in [0.25, 0.3) is 0 Å². The third-order valence-electron chi connectivity index (χ3n) is 6.02. The molecular formula is C25H26FNO2. The van der Waals surface area contributed by atoms with Crippen molar-refractivity contribution in [3.63, 3.8) is 0 Å². The van der Waals surface area contributed by atoms with E-state index in [9.17, 15) is 14.0 Å². The third kappa shape index (κ3) is 3.52. The molecule has 1 atom stereocenters. The Morgan fingerprint density at radius 1 is 1.00 bits per heavy atom. The summed E-state index contributed by atoms with van der Waals surface area (Å²) in [6, 6.07) is 12.2. The fraction of sp³-hybridized carbons (Fsp3) is 0.360. The first-order valence-corrected chi connectivity index (χ1v) is 10.1. The Bertz CT molecular complexity index is 1030. The average molecular weight is 391 g/mol. The van der Waals surface area contributed by atoms with E-state index in [0.29, 0.717) is 12.8 Å². The molecule has 2 aromatic carbocycles. The van der Waals surface area contributed by atoms with Crippen molar-refractivity contribution in [2.24, 2.45) is 5.41 Å². The lowest BCUT2D eigenvalue weighted by Gasteiger charge is -2.43. The summed E-state index contributed by atoms with van der Waals surface area (Å²) in [5.41, 5.74) is 5.07. The predicted molar refractivity (Wildman–Crippen MR) is 112 cm³/mol. The number of aryl methyl sites for hydroxylation is 2. The molecule has 0 bridgehead atoms. The molecule has 0 fully saturated rings. The van der Waals surface area contributed by atoms with Crippen molar-refractivity contribution < 1.29 is 14.0 Å². The van der Waals surface area contributed by atoms with E-state index < -0.39 is 0 Å². The summed E-state index contributed by atoms with van der Waals surface area (Å²) in [6.45, 7) is 8.14. The first kappa shape index (κ1) is 19.6. The zero-order valence-electron chi connectivity index (χ0n) is 17.4. The van der Waals surface area contributed by atoms with Crippen molar-refractivity contribution >= 4 is 17.4 Å². The summed E-state index contributed by atoms with van der Waals surface area (Å²) in [5, 5.41) is 0. The maximum absolute atomic E-state index is 13.5. The average Bonchev–Trinajstić information content (AvgIpc) is 2.63. The van der Waals surface area contributed by atoms with E-state index in [1.54, 1.807) is 17.0 Å². The van der Waals surface area contributed by atoms with E-state index in [-0.39, 0.29) is 35.3 Å². The number of halogens is 1. The highest BCUT2D eigenvalue weighted by atomic mass is 19.1. The number of amides is 1. The highest BCUT2D eigenvalue weighted by molar-refractivity contribution is 6.08. The Kier molecular flexibility index (Phi) is 4.68. The minimum Gasteiger partial charge on any atom is -0.294 e. The monoisotopic (exact) mass is 391 g/mol. The van der Waals surface area contributed by atoms with Crippen LogP contribution in [0.3, 0.4) is 0 Å². The van der Waals surface area contributed by atoms with Gasteiger partial charge < -0.3 is 0 Å². The van der Waals surface area contributed by atoms with Crippen LogP contribution >= 0.6 is 0 Å². The lowest BCUT2D eigenvalue weighted by atomic mass is 9.69. The second kappa shape index (κ2) is 6.94. The van der Waals surface area contributed by atoms with Gasteiger partial charge in [0, 0.05) is 30.0 Å². The van der Waals surface area contributed by atoms with Crippen LogP contribution in [0.2, 0.25) is 0 Å². The molecule has 2 aliphatic rings. The van der Waals surface area contributed by atoms with Gasteiger partial charge in [0.15, 0.2) is 5.78 Å². The third-order valence-corrected chi connectivity index (χ3v) is 6.02. The standard InChI is InChI=1S/C25H26FNO2/c1-15-5-6-16(2)20(11-15)27-21-13-25(3,4)14-22(28)24(21)19(12-23(27)29)17-7-9-18(26)10-8-17/h5-11,19H,12-14H2,1-4H3. The summed E-state index contributed by atoms with van der Waals surface area (Å²) in [4.78, 5) is 28.4. The lowest BCUT2D eigenvalue weighted by Crippen LogP contribution is -2.44. The first-order valence-electron chi connectivity index (χ1n) is 10.1. The van der Waals surface area contributed by atoms with Gasteiger partial charge in [-0.2, -0.15) is 0 Å². The fourth-order valence-corrected chi connectivity index (χ4v) is 4.63. The number of carbonyl (C=O) groups is 2. The SMILES string of the molecule is Cc1ccc(C)c(N2C(=O)CC(c3ccc(F)cc3)C3=C2CC(C)(C)CC3=O)c1. The number of carbonyl (C=O) groups excluding carboxylic acids is 2. The van der Waals surface area contributed by atoms with Crippen molar-refractivity contribution in [2.75, 3.05) is 4.90 Å². The van der Waals surface area contributed by atoms with Crippen LogP contribution in [0.4, 0.5) is 10.1 Å². The summed E-state index contributed by atoms with van der Waals surface area (Å²) in [6.07, 6.45) is 1.33. The molecule has 0 N–H and O–H groups in total. The number of hydrogen-bond donors (Lipinski definition) is 0. The summed E-state index contributed by atoms with van der Waals surface area (Å²) in [7, 11) is 0. The van der Waals surface area contributed by atoms with E-state index >= 15 is 0 Å². The number of rotatable bonds is 2. The van der Waals surface area contributed by atoms with Crippen molar-refractivity contribution in [1.82, 2.24) is 0 Å².